The van der Waals surface area contributed by atoms with Gasteiger partial charge in [-0.3, -0.25) is 0 Å². The molecule has 1 saturated carbocycles. The van der Waals surface area contributed by atoms with Gasteiger partial charge in [0, 0.05) is 0 Å². The van der Waals surface area contributed by atoms with Gasteiger partial charge in [-0.1, -0.05) is 11.6 Å². The molecule has 1 fully saturated rings. The molecule has 0 saturated heterocycles. The van der Waals surface area contributed by atoms with Gasteiger partial charge in [0.05, 0.1) is 5.71 Å². The third kappa shape index (κ3) is 3.96. The van der Waals surface area contributed by atoms with E-state index >= 15 is 0 Å². The zero-order valence-corrected chi connectivity index (χ0v) is 7.38. The summed E-state index contributed by atoms with van der Waals surface area (Å²) < 4.78 is 0. The van der Waals surface area contributed by atoms with Crippen LogP contribution >= 0.6 is 24.8 Å². The third-order valence-corrected chi connectivity index (χ3v) is 1.57. The van der Waals surface area contributed by atoms with E-state index in [0.29, 0.717) is 0 Å². The zero-order chi connectivity index (χ0) is 5.82. The molecule has 0 atom stereocenters. The Morgan fingerprint density at radius 1 is 1.00 bits per heavy atom. The van der Waals surface area contributed by atoms with Crippen molar-refractivity contribution in [1.29, 1.82) is 0 Å². The molecule has 2 nitrogen and oxygen atoms in total. The summed E-state index contributed by atoms with van der Waals surface area (Å²) in [5.74, 6) is 0. The standard InChI is InChI=1S/C6H11NO.2ClH/c8-7-6-4-2-1-3-5-6;;/h8H,1-5H2;2*1H. The van der Waals surface area contributed by atoms with Crippen molar-refractivity contribution in [2.45, 2.75) is 32.1 Å². The quantitative estimate of drug-likeness (QED) is 0.457. The highest BCUT2D eigenvalue weighted by molar-refractivity contribution is 5.85. The van der Waals surface area contributed by atoms with E-state index in [9.17, 15) is 0 Å². The average molecular weight is 186 g/mol. The van der Waals surface area contributed by atoms with Gasteiger partial charge in [0.1, 0.15) is 0 Å². The molecule has 10 heavy (non-hydrogen) atoms. The van der Waals surface area contributed by atoms with Crippen molar-refractivity contribution < 1.29 is 5.21 Å². The first kappa shape index (κ1) is 12.7. The molecule has 4 heteroatoms. The Bertz CT molecular complexity index is 97.9. The fourth-order valence-electron chi connectivity index (χ4n) is 1.06. The largest absolute Gasteiger partial charge is 0.411 e. The van der Waals surface area contributed by atoms with Gasteiger partial charge >= 0.3 is 0 Å². The summed E-state index contributed by atoms with van der Waals surface area (Å²) in [6, 6.07) is 0. The molecular formula is C6H13Cl2NO. The third-order valence-electron chi connectivity index (χ3n) is 1.57. The lowest BCUT2D eigenvalue weighted by molar-refractivity contribution is 0.314. The zero-order valence-electron chi connectivity index (χ0n) is 5.75. The van der Waals surface area contributed by atoms with Crippen molar-refractivity contribution in [2.24, 2.45) is 5.16 Å². The second kappa shape index (κ2) is 7.16. The minimum Gasteiger partial charge on any atom is -0.411 e. The molecule has 0 spiro atoms. The Morgan fingerprint density at radius 2 is 1.50 bits per heavy atom. The van der Waals surface area contributed by atoms with Gasteiger partial charge in [0.2, 0.25) is 0 Å². The molecule has 0 aromatic carbocycles. The molecule has 1 rings (SSSR count). The van der Waals surface area contributed by atoms with Crippen molar-refractivity contribution in [3.8, 4) is 0 Å². The lowest BCUT2D eigenvalue weighted by Gasteiger charge is -2.08. The second-order valence-electron chi connectivity index (χ2n) is 2.23. The maximum absolute atomic E-state index is 8.28. The van der Waals surface area contributed by atoms with Gasteiger partial charge in [-0.2, -0.15) is 0 Å². The summed E-state index contributed by atoms with van der Waals surface area (Å²) in [6.45, 7) is 0. The van der Waals surface area contributed by atoms with Crippen LogP contribution in [0.5, 0.6) is 0 Å². The van der Waals surface area contributed by atoms with E-state index in [1.807, 2.05) is 0 Å². The normalized spacial score (nSPS) is 16.6. The van der Waals surface area contributed by atoms with Crippen molar-refractivity contribution >= 4 is 30.5 Å². The van der Waals surface area contributed by atoms with Crippen molar-refractivity contribution in [3.63, 3.8) is 0 Å². The minimum atomic E-state index is 0. The van der Waals surface area contributed by atoms with E-state index in [4.69, 9.17) is 5.21 Å². The highest BCUT2D eigenvalue weighted by Crippen LogP contribution is 2.13. The Kier molecular flexibility index (Phi) is 9.10. The first-order valence-corrected chi connectivity index (χ1v) is 3.13. The minimum absolute atomic E-state index is 0. The monoisotopic (exact) mass is 185 g/mol. The lowest BCUT2D eigenvalue weighted by atomic mass is 9.99. The van der Waals surface area contributed by atoms with Crippen molar-refractivity contribution in [2.75, 3.05) is 0 Å². The highest BCUT2D eigenvalue weighted by atomic mass is 35.5. The summed E-state index contributed by atoms with van der Waals surface area (Å²) in [5, 5.41) is 11.4. The molecule has 1 N–H and O–H groups in total. The maximum Gasteiger partial charge on any atom is 0.0570 e. The highest BCUT2D eigenvalue weighted by Gasteiger charge is 2.05. The van der Waals surface area contributed by atoms with Crippen LogP contribution in [0.3, 0.4) is 0 Å². The van der Waals surface area contributed by atoms with Crippen LogP contribution < -0.4 is 0 Å². The van der Waals surface area contributed by atoms with Gasteiger partial charge in [0.25, 0.3) is 0 Å². The molecule has 62 valence electrons. The fraction of sp³-hybridized carbons (Fsp3) is 0.833. The molecule has 0 aromatic heterocycles. The molecule has 0 heterocycles. The second-order valence-corrected chi connectivity index (χ2v) is 2.23. The van der Waals surface area contributed by atoms with Crippen LogP contribution in [-0.4, -0.2) is 10.9 Å². The van der Waals surface area contributed by atoms with Gasteiger partial charge in [-0.25, -0.2) is 0 Å². The number of hydrogen-bond acceptors (Lipinski definition) is 2. The van der Waals surface area contributed by atoms with Gasteiger partial charge in [0.15, 0.2) is 0 Å². The van der Waals surface area contributed by atoms with E-state index in [1.54, 1.807) is 0 Å². The summed E-state index contributed by atoms with van der Waals surface area (Å²) >= 11 is 0. The SMILES string of the molecule is Cl.Cl.ON=C1CCCCC1. The number of hydrogen-bond donors (Lipinski definition) is 1. The fourth-order valence-corrected chi connectivity index (χ4v) is 1.06. The summed E-state index contributed by atoms with van der Waals surface area (Å²) in [7, 11) is 0. The van der Waals surface area contributed by atoms with E-state index in [1.165, 1.54) is 19.3 Å². The first-order chi connectivity index (χ1) is 3.93. The molecule has 0 radical (unpaired) electrons. The van der Waals surface area contributed by atoms with E-state index in [0.717, 1.165) is 18.6 Å². The van der Waals surface area contributed by atoms with Crippen LogP contribution in [0.15, 0.2) is 5.16 Å². The summed E-state index contributed by atoms with van der Waals surface area (Å²) in [6.07, 6.45) is 5.74. The molecule has 1 aliphatic carbocycles. The van der Waals surface area contributed by atoms with E-state index in [2.05, 4.69) is 5.16 Å². The Morgan fingerprint density at radius 3 is 1.80 bits per heavy atom. The van der Waals surface area contributed by atoms with Crippen LogP contribution in [-0.2, 0) is 0 Å². The van der Waals surface area contributed by atoms with Gasteiger partial charge < -0.3 is 5.21 Å². The van der Waals surface area contributed by atoms with Gasteiger partial charge in [-0.05, 0) is 25.7 Å². The number of nitrogens with zero attached hydrogens (tertiary/aromatic N) is 1. The number of oxime groups is 1. The Balaban J connectivity index is 0. The van der Waals surface area contributed by atoms with Gasteiger partial charge in [-0.15, -0.1) is 24.8 Å². The van der Waals surface area contributed by atoms with Crippen LogP contribution in [0, 0.1) is 0 Å². The Hall–Kier alpha value is 0.0500. The van der Waals surface area contributed by atoms with Crippen LogP contribution in [0.2, 0.25) is 0 Å². The van der Waals surface area contributed by atoms with Crippen LogP contribution in [0.4, 0.5) is 0 Å². The molecule has 1 aliphatic rings. The first-order valence-electron chi connectivity index (χ1n) is 3.13. The molecule has 0 unspecified atom stereocenters. The van der Waals surface area contributed by atoms with Crippen molar-refractivity contribution in [1.82, 2.24) is 0 Å². The van der Waals surface area contributed by atoms with E-state index in [-0.39, 0.29) is 24.8 Å². The molecule has 0 amide bonds. The molecule has 0 aromatic rings. The summed E-state index contributed by atoms with van der Waals surface area (Å²) in [5.41, 5.74) is 0.983. The molecule has 0 aliphatic heterocycles. The predicted octanol–water partition coefficient (Wildman–Crippen LogP) is 2.62. The topological polar surface area (TPSA) is 32.6 Å². The van der Waals surface area contributed by atoms with E-state index < -0.39 is 0 Å². The average Bonchev–Trinajstić information content (AvgIpc) is 1.90. The smallest absolute Gasteiger partial charge is 0.0570 e. The maximum atomic E-state index is 8.28. The van der Waals surface area contributed by atoms with Crippen molar-refractivity contribution in [3.05, 3.63) is 0 Å². The summed E-state index contributed by atoms with van der Waals surface area (Å²) in [4.78, 5) is 0. The molecular weight excluding hydrogens is 173 g/mol. The van der Waals surface area contributed by atoms with Crippen LogP contribution in [0.25, 0.3) is 0 Å². The number of halogens is 2. The lowest BCUT2D eigenvalue weighted by Crippen LogP contribution is -2.03. The molecule has 0 bridgehead atoms. The van der Waals surface area contributed by atoms with Crippen LogP contribution in [0.1, 0.15) is 32.1 Å². The Labute approximate surface area is 73.5 Å². The predicted molar refractivity (Wildman–Crippen MR) is 46.8 cm³/mol. The number of rotatable bonds is 0.